The third kappa shape index (κ3) is 2.04. The van der Waals surface area contributed by atoms with Crippen LogP contribution in [0.2, 0.25) is 0 Å². The first-order valence-electron chi connectivity index (χ1n) is 5.71. The van der Waals surface area contributed by atoms with Crippen LogP contribution in [0.1, 0.15) is 31.9 Å². The standard InChI is InChI=1S/C13H18N2O/c1-3-6-16-10-4-5-13-11(7-10)12(8-15-13)9(2)14/h4-5,7-9,15H,3,6,14H2,1-2H3/t9-/m1/s1. The molecule has 16 heavy (non-hydrogen) atoms. The van der Waals surface area contributed by atoms with Crippen molar-refractivity contribution in [1.29, 1.82) is 0 Å². The van der Waals surface area contributed by atoms with E-state index in [1.807, 2.05) is 25.3 Å². The molecule has 0 aliphatic rings. The molecule has 0 saturated heterocycles. The van der Waals surface area contributed by atoms with Crippen LogP contribution in [0.3, 0.4) is 0 Å². The molecule has 3 heteroatoms. The van der Waals surface area contributed by atoms with Gasteiger partial charge in [-0.05, 0) is 37.1 Å². The lowest BCUT2D eigenvalue weighted by Crippen LogP contribution is -2.03. The molecule has 1 heterocycles. The summed E-state index contributed by atoms with van der Waals surface area (Å²) in [6.45, 7) is 4.84. The van der Waals surface area contributed by atoms with Crippen LogP contribution in [0.4, 0.5) is 0 Å². The van der Waals surface area contributed by atoms with Crippen LogP contribution in [-0.4, -0.2) is 11.6 Å². The van der Waals surface area contributed by atoms with E-state index in [2.05, 4.69) is 18.0 Å². The fourth-order valence-corrected chi connectivity index (χ4v) is 1.81. The lowest BCUT2D eigenvalue weighted by Gasteiger charge is -2.06. The number of aromatic amines is 1. The van der Waals surface area contributed by atoms with E-state index in [0.29, 0.717) is 0 Å². The van der Waals surface area contributed by atoms with E-state index in [9.17, 15) is 0 Å². The molecule has 0 radical (unpaired) electrons. The van der Waals surface area contributed by atoms with Crippen LogP contribution in [0.5, 0.6) is 5.75 Å². The largest absolute Gasteiger partial charge is 0.494 e. The Labute approximate surface area is 95.6 Å². The zero-order valence-corrected chi connectivity index (χ0v) is 9.79. The van der Waals surface area contributed by atoms with Crippen LogP contribution in [-0.2, 0) is 0 Å². The first-order chi connectivity index (χ1) is 7.72. The van der Waals surface area contributed by atoms with Gasteiger partial charge in [0.1, 0.15) is 5.75 Å². The summed E-state index contributed by atoms with van der Waals surface area (Å²) in [7, 11) is 0. The Hall–Kier alpha value is -1.48. The molecular weight excluding hydrogens is 200 g/mol. The SMILES string of the molecule is CCCOc1ccc2[nH]cc([C@@H](C)N)c2c1. The van der Waals surface area contributed by atoms with Gasteiger partial charge < -0.3 is 15.5 Å². The molecule has 0 aliphatic carbocycles. The van der Waals surface area contributed by atoms with Crippen molar-refractivity contribution in [3.05, 3.63) is 30.0 Å². The Morgan fingerprint density at radius 2 is 2.25 bits per heavy atom. The molecule has 0 amide bonds. The van der Waals surface area contributed by atoms with Gasteiger partial charge in [0.2, 0.25) is 0 Å². The average Bonchev–Trinajstić information content (AvgIpc) is 2.69. The molecule has 0 aliphatic heterocycles. The predicted octanol–water partition coefficient (Wildman–Crippen LogP) is 2.98. The molecule has 1 atom stereocenters. The van der Waals surface area contributed by atoms with Crippen molar-refractivity contribution in [3.63, 3.8) is 0 Å². The van der Waals surface area contributed by atoms with E-state index >= 15 is 0 Å². The highest BCUT2D eigenvalue weighted by Gasteiger charge is 2.08. The van der Waals surface area contributed by atoms with E-state index in [1.165, 1.54) is 0 Å². The summed E-state index contributed by atoms with van der Waals surface area (Å²) in [5.41, 5.74) is 8.16. The number of nitrogens with one attached hydrogen (secondary N) is 1. The van der Waals surface area contributed by atoms with Gasteiger partial charge in [0.05, 0.1) is 6.61 Å². The summed E-state index contributed by atoms with van der Waals surface area (Å²) in [5.74, 6) is 0.913. The van der Waals surface area contributed by atoms with E-state index < -0.39 is 0 Å². The predicted molar refractivity (Wildman–Crippen MR) is 66.7 cm³/mol. The fourth-order valence-electron chi connectivity index (χ4n) is 1.81. The Bertz CT molecular complexity index is 474. The summed E-state index contributed by atoms with van der Waals surface area (Å²) in [4.78, 5) is 3.22. The molecule has 0 unspecified atom stereocenters. The lowest BCUT2D eigenvalue weighted by atomic mass is 10.1. The van der Waals surface area contributed by atoms with E-state index in [4.69, 9.17) is 10.5 Å². The molecule has 2 aromatic rings. The summed E-state index contributed by atoms with van der Waals surface area (Å²) < 4.78 is 5.61. The number of nitrogens with two attached hydrogens (primary N) is 1. The van der Waals surface area contributed by atoms with E-state index in [1.54, 1.807) is 0 Å². The van der Waals surface area contributed by atoms with Gasteiger partial charge in [-0.15, -0.1) is 0 Å². The topological polar surface area (TPSA) is 51.0 Å². The first kappa shape index (κ1) is 11.0. The summed E-state index contributed by atoms with van der Waals surface area (Å²) in [5, 5.41) is 1.16. The highest BCUT2D eigenvalue weighted by molar-refractivity contribution is 5.85. The quantitative estimate of drug-likeness (QED) is 0.828. The molecule has 3 nitrogen and oxygen atoms in total. The normalized spacial score (nSPS) is 12.9. The van der Waals surface area contributed by atoms with Crippen molar-refractivity contribution in [3.8, 4) is 5.75 Å². The minimum Gasteiger partial charge on any atom is -0.494 e. The van der Waals surface area contributed by atoms with Crippen LogP contribution in [0, 0.1) is 0 Å². The number of fused-ring (bicyclic) bond motifs is 1. The third-order valence-corrected chi connectivity index (χ3v) is 2.65. The number of aromatic nitrogens is 1. The second-order valence-electron chi connectivity index (χ2n) is 4.09. The molecule has 3 N–H and O–H groups in total. The number of ether oxygens (including phenoxy) is 1. The zero-order chi connectivity index (χ0) is 11.5. The third-order valence-electron chi connectivity index (χ3n) is 2.65. The Kier molecular flexibility index (Phi) is 3.15. The van der Waals surface area contributed by atoms with E-state index in [0.717, 1.165) is 35.2 Å². The second-order valence-corrected chi connectivity index (χ2v) is 4.09. The number of benzene rings is 1. The molecule has 86 valence electrons. The number of hydrogen-bond donors (Lipinski definition) is 2. The van der Waals surface area contributed by atoms with Crippen LogP contribution in [0.15, 0.2) is 24.4 Å². The minimum atomic E-state index is 0.0372. The molecule has 0 saturated carbocycles. The molecular formula is C13H18N2O. The van der Waals surface area contributed by atoms with Gasteiger partial charge >= 0.3 is 0 Å². The molecule has 0 spiro atoms. The van der Waals surface area contributed by atoms with Gasteiger partial charge in [-0.2, -0.15) is 0 Å². The van der Waals surface area contributed by atoms with E-state index in [-0.39, 0.29) is 6.04 Å². The molecule has 0 bridgehead atoms. The smallest absolute Gasteiger partial charge is 0.120 e. The number of rotatable bonds is 4. The Balaban J connectivity index is 2.38. The molecule has 2 rings (SSSR count). The van der Waals surface area contributed by atoms with Gasteiger partial charge in [-0.3, -0.25) is 0 Å². The molecule has 1 aromatic carbocycles. The Morgan fingerprint density at radius 1 is 1.44 bits per heavy atom. The maximum Gasteiger partial charge on any atom is 0.120 e. The maximum atomic E-state index is 5.91. The number of hydrogen-bond acceptors (Lipinski definition) is 2. The first-order valence-corrected chi connectivity index (χ1v) is 5.71. The zero-order valence-electron chi connectivity index (χ0n) is 9.79. The van der Waals surface area contributed by atoms with Crippen molar-refractivity contribution in [2.45, 2.75) is 26.3 Å². The van der Waals surface area contributed by atoms with Crippen LogP contribution in [0.25, 0.3) is 10.9 Å². The van der Waals surface area contributed by atoms with Crippen LogP contribution >= 0.6 is 0 Å². The van der Waals surface area contributed by atoms with Gasteiger partial charge in [-0.1, -0.05) is 6.92 Å². The monoisotopic (exact) mass is 218 g/mol. The maximum absolute atomic E-state index is 5.91. The number of H-pyrrole nitrogens is 1. The van der Waals surface area contributed by atoms with Crippen molar-refractivity contribution >= 4 is 10.9 Å². The van der Waals surface area contributed by atoms with Crippen molar-refractivity contribution in [1.82, 2.24) is 4.98 Å². The van der Waals surface area contributed by atoms with Gasteiger partial charge in [0.25, 0.3) is 0 Å². The highest BCUT2D eigenvalue weighted by Crippen LogP contribution is 2.26. The molecule has 0 fully saturated rings. The van der Waals surface area contributed by atoms with Crippen molar-refractivity contribution < 1.29 is 4.74 Å². The molecule has 1 aromatic heterocycles. The summed E-state index contributed by atoms with van der Waals surface area (Å²) in [6.07, 6.45) is 2.99. The minimum absolute atomic E-state index is 0.0372. The highest BCUT2D eigenvalue weighted by atomic mass is 16.5. The van der Waals surface area contributed by atoms with Crippen LogP contribution < -0.4 is 10.5 Å². The summed E-state index contributed by atoms with van der Waals surface area (Å²) >= 11 is 0. The average molecular weight is 218 g/mol. The lowest BCUT2D eigenvalue weighted by molar-refractivity contribution is 0.318. The Morgan fingerprint density at radius 3 is 2.94 bits per heavy atom. The second kappa shape index (κ2) is 4.58. The summed E-state index contributed by atoms with van der Waals surface area (Å²) in [6, 6.07) is 6.11. The van der Waals surface area contributed by atoms with Gasteiger partial charge in [0, 0.05) is 23.1 Å². The van der Waals surface area contributed by atoms with Gasteiger partial charge in [0.15, 0.2) is 0 Å². The van der Waals surface area contributed by atoms with Crippen molar-refractivity contribution in [2.24, 2.45) is 5.73 Å². The fraction of sp³-hybridized carbons (Fsp3) is 0.385. The van der Waals surface area contributed by atoms with Crippen molar-refractivity contribution in [2.75, 3.05) is 6.61 Å². The van der Waals surface area contributed by atoms with Gasteiger partial charge in [-0.25, -0.2) is 0 Å².